The first-order chi connectivity index (χ1) is 19.9. The zero-order chi connectivity index (χ0) is 34.6. The second-order valence-electron chi connectivity index (χ2n) is 9.20. The van der Waals surface area contributed by atoms with Crippen LogP contribution in [0.15, 0.2) is 18.5 Å². The van der Waals surface area contributed by atoms with Crippen LogP contribution in [0.1, 0.15) is 6.42 Å². The number of amides is 1. The van der Waals surface area contributed by atoms with Crippen molar-refractivity contribution >= 4 is 29.8 Å². The third-order valence-corrected chi connectivity index (χ3v) is 5.67. The average Bonchev–Trinajstić information content (AvgIpc) is 3.43. The van der Waals surface area contributed by atoms with E-state index in [0.717, 1.165) is 32.0 Å². The Morgan fingerprint density at radius 3 is 1.61 bits per heavy atom. The number of alkyl halides is 9. The number of hydrogen-bond donors (Lipinski definition) is 4. The van der Waals surface area contributed by atoms with Gasteiger partial charge in [-0.2, -0.15) is 39.5 Å². The number of carboxylic acids is 3. The molecule has 0 aliphatic carbocycles. The second-order valence-corrected chi connectivity index (χ2v) is 9.20. The number of rotatable bonds is 5. The Morgan fingerprint density at radius 1 is 0.864 bits per heavy atom. The summed E-state index contributed by atoms with van der Waals surface area (Å²) in [6, 6.07) is 2.23. The summed E-state index contributed by atoms with van der Waals surface area (Å²) < 4.78 is 95.2. The van der Waals surface area contributed by atoms with Crippen LogP contribution < -0.4 is 10.2 Å². The van der Waals surface area contributed by atoms with Crippen LogP contribution >= 0.6 is 0 Å². The minimum absolute atomic E-state index is 0.00833. The number of carbonyl (C=O) groups is 4. The van der Waals surface area contributed by atoms with Crippen molar-refractivity contribution in [1.29, 1.82) is 0 Å². The van der Waals surface area contributed by atoms with E-state index in [1.807, 2.05) is 20.2 Å². The highest BCUT2D eigenvalue weighted by atomic mass is 19.4. The normalized spacial score (nSPS) is 19.8. The summed E-state index contributed by atoms with van der Waals surface area (Å²) in [6.07, 6.45) is -10.8. The Labute approximate surface area is 243 Å². The monoisotopic (exact) mass is 660 g/mol. The number of hydrogen-bond acceptors (Lipinski definition) is 9. The molecule has 4 N–H and O–H groups in total. The Bertz CT molecular complexity index is 1030. The number of carboxylic acid groups (broad SMARTS) is 3. The molecule has 22 heteroatoms. The van der Waals surface area contributed by atoms with E-state index >= 15 is 0 Å². The molecule has 1 aromatic rings. The number of aromatic nitrogens is 2. The summed E-state index contributed by atoms with van der Waals surface area (Å²) in [4.78, 5) is 54.3. The van der Waals surface area contributed by atoms with E-state index in [1.165, 1.54) is 0 Å². The number of likely N-dealkylation sites (tertiary alicyclic amines) is 1. The summed E-state index contributed by atoms with van der Waals surface area (Å²) in [5.41, 5.74) is 0. The number of nitrogens with zero attached hydrogens (tertiary/aromatic N) is 5. The molecule has 44 heavy (non-hydrogen) atoms. The van der Waals surface area contributed by atoms with Crippen molar-refractivity contribution in [1.82, 2.24) is 25.1 Å². The van der Waals surface area contributed by atoms with E-state index in [2.05, 4.69) is 37.0 Å². The van der Waals surface area contributed by atoms with Gasteiger partial charge in [-0.1, -0.05) is 0 Å². The molecular weight excluding hydrogens is 631 g/mol. The van der Waals surface area contributed by atoms with Gasteiger partial charge in [0.25, 0.3) is 0 Å². The fourth-order valence-corrected chi connectivity index (χ4v) is 3.66. The lowest BCUT2D eigenvalue weighted by molar-refractivity contribution is -0.193. The molecular formula is C22H29F9N6O7. The summed E-state index contributed by atoms with van der Waals surface area (Å²) in [5.74, 6) is -6.81. The number of anilines is 1. The van der Waals surface area contributed by atoms with Crippen LogP contribution in [-0.2, 0) is 19.2 Å². The number of aliphatic carboxylic acids is 3. The standard InChI is InChI=1S/C16H26N6O.3C2HF3O2/c1-20(2)8-7-17-15(23)13-9-12-10-22(11-14(12)21(13)3)16-18-5-4-6-19-16;3*3-2(4,5)1(6)7/h4-6,12-14H,7-11H2,1-3H3,(H,17,23);3*(H,6,7)/t12-,13+,14+;;;/m0.../s1. The van der Waals surface area contributed by atoms with E-state index in [4.69, 9.17) is 29.7 Å². The van der Waals surface area contributed by atoms with Gasteiger partial charge in [0, 0.05) is 44.6 Å². The predicted octanol–water partition coefficient (Wildman–Crippen LogP) is 1.56. The molecule has 0 bridgehead atoms. The van der Waals surface area contributed by atoms with Gasteiger partial charge >= 0.3 is 36.4 Å². The molecule has 2 fully saturated rings. The van der Waals surface area contributed by atoms with Gasteiger partial charge in [0.2, 0.25) is 11.9 Å². The smallest absolute Gasteiger partial charge is 0.475 e. The fraction of sp³-hybridized carbons (Fsp3) is 0.636. The van der Waals surface area contributed by atoms with E-state index in [0.29, 0.717) is 18.5 Å². The molecule has 13 nitrogen and oxygen atoms in total. The number of fused-ring (bicyclic) bond motifs is 1. The number of halogens is 9. The lowest BCUT2D eigenvalue weighted by Crippen LogP contribution is -2.46. The first-order valence-corrected chi connectivity index (χ1v) is 12.0. The average molecular weight is 660 g/mol. The van der Waals surface area contributed by atoms with Crippen molar-refractivity contribution in [3.8, 4) is 0 Å². The Balaban J connectivity index is 0.000000721. The molecule has 0 radical (unpaired) electrons. The highest BCUT2D eigenvalue weighted by molar-refractivity contribution is 5.82. The molecule has 0 spiro atoms. The minimum atomic E-state index is -5.08. The lowest BCUT2D eigenvalue weighted by Gasteiger charge is -2.26. The van der Waals surface area contributed by atoms with Crippen molar-refractivity contribution in [2.24, 2.45) is 5.92 Å². The van der Waals surface area contributed by atoms with Gasteiger partial charge < -0.3 is 30.4 Å². The molecule has 0 unspecified atom stereocenters. The fourth-order valence-electron chi connectivity index (χ4n) is 3.66. The zero-order valence-corrected chi connectivity index (χ0v) is 23.1. The van der Waals surface area contributed by atoms with Gasteiger partial charge in [-0.05, 0) is 39.5 Å². The topological polar surface area (TPSA) is 176 Å². The van der Waals surface area contributed by atoms with E-state index in [-0.39, 0.29) is 11.9 Å². The summed E-state index contributed by atoms with van der Waals surface area (Å²) in [5, 5.41) is 24.4. The number of likely N-dealkylation sites (N-methyl/N-ethyl adjacent to an activating group) is 2. The van der Waals surface area contributed by atoms with Crippen LogP contribution in [-0.4, -0.2) is 137 Å². The lowest BCUT2D eigenvalue weighted by atomic mass is 10.0. The first kappa shape index (κ1) is 40.1. The van der Waals surface area contributed by atoms with Crippen LogP contribution in [0, 0.1) is 5.92 Å². The molecule has 3 heterocycles. The van der Waals surface area contributed by atoms with Gasteiger partial charge in [0.05, 0.1) is 6.04 Å². The Kier molecular flexibility index (Phi) is 15.3. The number of nitrogens with one attached hydrogen (secondary N) is 1. The van der Waals surface area contributed by atoms with Crippen molar-refractivity contribution in [3.63, 3.8) is 0 Å². The van der Waals surface area contributed by atoms with Gasteiger partial charge in [-0.3, -0.25) is 9.69 Å². The summed E-state index contributed by atoms with van der Waals surface area (Å²) >= 11 is 0. The molecule has 3 atom stereocenters. The molecule has 1 amide bonds. The van der Waals surface area contributed by atoms with Crippen LogP contribution in [0.5, 0.6) is 0 Å². The maximum Gasteiger partial charge on any atom is 0.490 e. The molecule has 2 aliphatic rings. The highest BCUT2D eigenvalue weighted by Gasteiger charge is 2.47. The third-order valence-electron chi connectivity index (χ3n) is 5.67. The van der Waals surface area contributed by atoms with Crippen molar-refractivity contribution in [3.05, 3.63) is 18.5 Å². The van der Waals surface area contributed by atoms with E-state index in [9.17, 15) is 44.3 Å². The minimum Gasteiger partial charge on any atom is -0.475 e. The Hall–Kier alpha value is -3.95. The van der Waals surface area contributed by atoms with Crippen LogP contribution in [0.4, 0.5) is 45.5 Å². The van der Waals surface area contributed by atoms with Crippen molar-refractivity contribution in [2.75, 3.05) is 52.2 Å². The van der Waals surface area contributed by atoms with Crippen LogP contribution in [0.2, 0.25) is 0 Å². The van der Waals surface area contributed by atoms with Crippen LogP contribution in [0.25, 0.3) is 0 Å². The van der Waals surface area contributed by atoms with Gasteiger partial charge in [-0.25, -0.2) is 24.4 Å². The molecule has 2 aliphatic heterocycles. The zero-order valence-electron chi connectivity index (χ0n) is 23.1. The van der Waals surface area contributed by atoms with Gasteiger partial charge in [0.15, 0.2) is 0 Å². The highest BCUT2D eigenvalue weighted by Crippen LogP contribution is 2.35. The summed E-state index contributed by atoms with van der Waals surface area (Å²) in [6.45, 7) is 3.40. The molecule has 0 saturated carbocycles. The van der Waals surface area contributed by atoms with E-state index in [1.54, 1.807) is 12.4 Å². The number of carbonyl (C=O) groups excluding carboxylic acids is 1. The molecule has 0 aromatic carbocycles. The van der Waals surface area contributed by atoms with Crippen molar-refractivity contribution < 1.29 is 74.0 Å². The maximum absolute atomic E-state index is 12.4. The summed E-state index contributed by atoms with van der Waals surface area (Å²) in [7, 11) is 6.09. The SMILES string of the molecule is CN(C)CCNC(=O)[C@H]1C[C@H]2CN(c3ncccn3)C[C@H]2N1C.O=C(O)C(F)(F)F.O=C(O)C(F)(F)F.O=C(O)C(F)(F)F. The maximum atomic E-state index is 12.4. The van der Waals surface area contributed by atoms with Crippen LogP contribution in [0.3, 0.4) is 0 Å². The Morgan fingerprint density at radius 2 is 1.27 bits per heavy atom. The molecule has 2 saturated heterocycles. The van der Waals surface area contributed by atoms with Crippen molar-refractivity contribution in [2.45, 2.75) is 37.0 Å². The molecule has 252 valence electrons. The van der Waals surface area contributed by atoms with Gasteiger partial charge in [0.1, 0.15) is 0 Å². The largest absolute Gasteiger partial charge is 0.490 e. The predicted molar refractivity (Wildman–Crippen MR) is 130 cm³/mol. The first-order valence-electron chi connectivity index (χ1n) is 12.0. The third kappa shape index (κ3) is 14.5. The second kappa shape index (κ2) is 16.8. The molecule has 3 rings (SSSR count). The molecule has 1 aromatic heterocycles. The quantitative estimate of drug-likeness (QED) is 0.336. The van der Waals surface area contributed by atoms with E-state index < -0.39 is 36.4 Å². The van der Waals surface area contributed by atoms with Gasteiger partial charge in [-0.15, -0.1) is 0 Å².